The Morgan fingerprint density at radius 2 is 1.54 bits per heavy atom. The first-order valence-electron chi connectivity index (χ1n) is 11.9. The van der Waals surface area contributed by atoms with Crippen molar-refractivity contribution in [3.05, 3.63) is 109 Å². The predicted molar refractivity (Wildman–Crippen MR) is 139 cm³/mol. The van der Waals surface area contributed by atoms with Crippen LogP contribution in [0.15, 0.2) is 86.9 Å². The van der Waals surface area contributed by atoms with Crippen molar-refractivity contribution in [3.8, 4) is 11.1 Å². The van der Waals surface area contributed by atoms with E-state index in [2.05, 4.69) is 85.7 Å². The van der Waals surface area contributed by atoms with Gasteiger partial charge in [-0.05, 0) is 0 Å². The van der Waals surface area contributed by atoms with Crippen molar-refractivity contribution in [1.29, 1.82) is 0 Å². The van der Waals surface area contributed by atoms with E-state index in [0.717, 1.165) is 12.0 Å². The number of allylic oxidation sites excluding steroid dienone is 4. The molecule has 0 bridgehead atoms. The molecule has 0 spiro atoms. The number of hydrogen-bond acceptors (Lipinski definition) is 0. The van der Waals surface area contributed by atoms with Crippen molar-refractivity contribution in [2.45, 2.75) is 39.9 Å². The second kappa shape index (κ2) is 10.9. The summed E-state index contributed by atoms with van der Waals surface area (Å²) in [6.07, 6.45) is 3.59. The number of halogens is 3. The molecule has 2 aliphatic carbocycles. The molecule has 0 heterocycles. The zero-order valence-corrected chi connectivity index (χ0v) is 25.9. The molecule has 180 valence electrons. The minimum Gasteiger partial charge on any atom is -1.00 e. The molecular formula is C30H31Cl2FSiZr. The van der Waals surface area contributed by atoms with Gasteiger partial charge in [-0.3, -0.25) is 0 Å². The van der Waals surface area contributed by atoms with Crippen molar-refractivity contribution in [3.63, 3.8) is 0 Å². The van der Waals surface area contributed by atoms with Gasteiger partial charge in [-0.2, -0.15) is 0 Å². The molecule has 0 fully saturated rings. The summed E-state index contributed by atoms with van der Waals surface area (Å²) in [6, 6.07) is 22.9. The molecule has 5 heteroatoms. The third-order valence-corrected chi connectivity index (χ3v) is 16.8. The molecule has 0 N–H and O–H groups in total. The summed E-state index contributed by atoms with van der Waals surface area (Å²) in [5, 5.41) is 1.63. The van der Waals surface area contributed by atoms with Crippen LogP contribution in [0.3, 0.4) is 0 Å². The summed E-state index contributed by atoms with van der Waals surface area (Å²) in [6.45, 7) is 12.1. The molecule has 0 saturated heterocycles. The van der Waals surface area contributed by atoms with Gasteiger partial charge in [0.2, 0.25) is 0 Å². The molecule has 0 radical (unpaired) electrons. The van der Waals surface area contributed by atoms with Crippen LogP contribution in [0.1, 0.15) is 30.5 Å². The van der Waals surface area contributed by atoms with Crippen LogP contribution in [0, 0.1) is 11.7 Å². The van der Waals surface area contributed by atoms with E-state index >= 15 is 0 Å². The monoisotopic (exact) mass is 598 g/mol. The maximum atomic E-state index is 13.7. The predicted octanol–water partition coefficient (Wildman–Crippen LogP) is 1.23. The van der Waals surface area contributed by atoms with Crippen LogP contribution in [0.25, 0.3) is 11.1 Å². The molecule has 0 aromatic heterocycles. The first-order valence-corrected chi connectivity index (χ1v) is 19.2. The van der Waals surface area contributed by atoms with Gasteiger partial charge in [0, 0.05) is 0 Å². The van der Waals surface area contributed by atoms with Gasteiger partial charge in [0.25, 0.3) is 0 Å². The zero-order valence-electron chi connectivity index (χ0n) is 20.9. The van der Waals surface area contributed by atoms with Gasteiger partial charge in [-0.1, -0.05) is 0 Å². The maximum Gasteiger partial charge on any atom is -1.00 e. The van der Waals surface area contributed by atoms with Gasteiger partial charge in [0.05, 0.1) is 0 Å². The Balaban J connectivity index is 0.00000171. The molecule has 35 heavy (non-hydrogen) atoms. The summed E-state index contributed by atoms with van der Waals surface area (Å²) in [7, 11) is -1.42. The van der Waals surface area contributed by atoms with E-state index in [1.807, 2.05) is 12.1 Å². The first-order chi connectivity index (χ1) is 15.7. The van der Waals surface area contributed by atoms with Crippen LogP contribution in [0.2, 0.25) is 19.6 Å². The molecule has 0 amide bonds. The standard InChI is InChI=1S/C13H9.C10H17Si.C7H5F.2ClH.Zr/c1-3-7-12-10(5-1)9-11-6-2-4-8-13(11)12;1-8-6-9(2)10(7-8)11(3,4)5;1-6-2-4-7(8)5-3-6;;;/h1-5,7-8H,9H2;7-8H,1-5H3;1-5H;2*1H;/q;;;;;+2/p-2. The molecule has 2 aliphatic rings. The van der Waals surface area contributed by atoms with Crippen LogP contribution in [-0.2, 0) is 27.7 Å². The Bertz CT molecular complexity index is 1350. The van der Waals surface area contributed by atoms with E-state index in [9.17, 15) is 4.39 Å². The van der Waals surface area contributed by atoms with Crippen molar-refractivity contribution >= 4 is 15.1 Å². The number of benzene rings is 3. The Labute approximate surface area is 230 Å². The third-order valence-electron chi connectivity index (χ3n) is 7.10. The number of hydrogen-bond donors (Lipinski definition) is 0. The van der Waals surface area contributed by atoms with Crippen LogP contribution >= 0.6 is 0 Å². The van der Waals surface area contributed by atoms with E-state index in [-0.39, 0.29) is 30.6 Å². The molecule has 1 atom stereocenters. The summed E-state index contributed by atoms with van der Waals surface area (Å²) in [4.78, 5) is 0. The second-order valence-corrected chi connectivity index (χ2v) is 20.9. The van der Waals surface area contributed by atoms with Gasteiger partial charge in [0.15, 0.2) is 0 Å². The number of rotatable bonds is 4. The van der Waals surface area contributed by atoms with E-state index < -0.39 is 29.3 Å². The van der Waals surface area contributed by atoms with Crippen LogP contribution in [0.5, 0.6) is 0 Å². The van der Waals surface area contributed by atoms with Crippen LogP contribution in [0.4, 0.5) is 4.39 Å². The molecule has 0 aliphatic heterocycles. The number of fused-ring (bicyclic) bond motifs is 3. The summed E-state index contributed by atoms with van der Waals surface area (Å²) in [5.41, 5.74) is 8.49. The Hall–Kier alpha value is -1.38. The summed E-state index contributed by atoms with van der Waals surface area (Å²) >= 11 is -2.46. The normalized spacial score (nSPS) is 16.3. The van der Waals surface area contributed by atoms with Gasteiger partial charge < -0.3 is 24.8 Å². The third kappa shape index (κ3) is 5.35. The molecule has 1 unspecified atom stereocenters. The molecule has 5 rings (SSSR count). The van der Waals surface area contributed by atoms with Crippen molar-refractivity contribution < 1.29 is 50.5 Å². The van der Waals surface area contributed by atoms with Gasteiger partial charge >= 0.3 is 207 Å². The Morgan fingerprint density at radius 1 is 0.886 bits per heavy atom. The largest absolute Gasteiger partial charge is 1.00 e. The van der Waals surface area contributed by atoms with Gasteiger partial charge in [-0.25, -0.2) is 0 Å². The topological polar surface area (TPSA) is 0 Å². The van der Waals surface area contributed by atoms with E-state index in [0.29, 0.717) is 5.92 Å². The van der Waals surface area contributed by atoms with Gasteiger partial charge in [-0.15, -0.1) is 0 Å². The molecular weight excluding hydrogens is 570 g/mol. The van der Waals surface area contributed by atoms with Crippen LogP contribution in [-0.4, -0.2) is 11.8 Å². The van der Waals surface area contributed by atoms with Crippen molar-refractivity contribution in [2.24, 2.45) is 5.92 Å². The zero-order chi connectivity index (χ0) is 23.3. The summed E-state index contributed by atoms with van der Waals surface area (Å²) in [5.74, 6) is 0.318. The van der Waals surface area contributed by atoms with E-state index in [4.69, 9.17) is 0 Å². The molecule has 3 aromatic rings. The Morgan fingerprint density at radius 3 is 2.20 bits per heavy atom. The Kier molecular flexibility index (Phi) is 8.81. The SMILES string of the molecule is CC1=[C](/[Zr+2](=[CH]/c2ccc(F)cc2)[c]2cccc3c2Cc2ccccc2-3)C(C)C=C1[Si](C)(C)C.[Cl-].[Cl-]. The molecule has 3 aromatic carbocycles. The minimum absolute atomic E-state index is 0. The van der Waals surface area contributed by atoms with Crippen LogP contribution < -0.4 is 28.1 Å². The fourth-order valence-corrected chi connectivity index (χ4v) is 15.5. The minimum atomic E-state index is -2.46. The maximum absolute atomic E-state index is 13.7. The quantitative estimate of drug-likeness (QED) is 0.310. The average Bonchev–Trinajstić information content (AvgIpc) is 3.30. The molecule has 0 nitrogen and oxygen atoms in total. The second-order valence-electron chi connectivity index (χ2n) is 10.4. The van der Waals surface area contributed by atoms with Crippen molar-refractivity contribution in [1.82, 2.24) is 0 Å². The average molecular weight is 601 g/mol. The van der Waals surface area contributed by atoms with E-state index in [1.54, 1.807) is 29.5 Å². The fraction of sp³-hybridized carbons (Fsp3) is 0.233. The molecule has 0 saturated carbocycles. The smallest absolute Gasteiger partial charge is 1.00 e. The van der Waals surface area contributed by atoms with Crippen molar-refractivity contribution in [2.75, 3.05) is 0 Å². The fourth-order valence-electron chi connectivity index (χ4n) is 5.64. The van der Waals surface area contributed by atoms with E-state index in [1.165, 1.54) is 22.3 Å². The summed E-state index contributed by atoms with van der Waals surface area (Å²) < 4.78 is 19.5. The van der Waals surface area contributed by atoms with Gasteiger partial charge in [0.1, 0.15) is 0 Å². The first kappa shape index (κ1) is 28.2.